The van der Waals surface area contributed by atoms with E-state index in [1.165, 1.54) is 30.8 Å². The fraction of sp³-hybridized carbons (Fsp3) is 0.768. The van der Waals surface area contributed by atoms with Gasteiger partial charge < -0.3 is 58.1 Å². The predicted octanol–water partition coefficient (Wildman–Crippen LogP) is 5.18. The number of ether oxygens (including phenoxy) is 8. The minimum Gasteiger partial charge on any atom is -0.459 e. The molecule has 440 valence electrons. The highest BCUT2D eigenvalue weighted by Crippen LogP contribution is 2.43. The summed E-state index contributed by atoms with van der Waals surface area (Å²) >= 11 is 0. The summed E-state index contributed by atoms with van der Waals surface area (Å²) < 4.78 is 92.8. The Morgan fingerprint density at radius 2 is 1.72 bits per heavy atom. The molecular formula is C56H88FN5O15S. The predicted molar refractivity (Wildman–Crippen MR) is 287 cm³/mol. The molecule has 0 radical (unpaired) electrons. The molecule has 4 fully saturated rings. The van der Waals surface area contributed by atoms with Gasteiger partial charge in [0, 0.05) is 69.5 Å². The summed E-state index contributed by atoms with van der Waals surface area (Å²) in [5.74, 6) is -4.28. The number of fused-ring (bicyclic) bond motifs is 5. The SMILES string of the molecule is C=C1CO[C@@H]2[C@@H](C)/C(=N/C(C)=O)[C@H](C)C[C@@](C)(OC1)[C@H](O[C@@H]1O[C@H](C)C[C@H](N(C)CCc3cn([C@H](CF)Cc4ccc(S(C)(=O)=O)cc4)nn3)[C@H]1O)[C@@H](C)[C@H](O[C@H]1C[C@@](C)(OC)[C@@H](O)[C@H](C)O1)[C@@H](C)C(=O)O[C@H](CC)[C@@]2(C)O. The van der Waals surface area contributed by atoms with Crippen LogP contribution in [0.3, 0.4) is 0 Å². The summed E-state index contributed by atoms with van der Waals surface area (Å²) in [6.07, 6.45) is -5.74. The normalized spacial score (nSPS) is 38.8. The van der Waals surface area contributed by atoms with Gasteiger partial charge in [0.15, 0.2) is 22.4 Å². The number of carbonyl (C=O) groups is 2. The molecule has 0 aliphatic carbocycles. The number of nitrogens with zero attached hydrogens (tertiary/aromatic N) is 5. The Bertz CT molecular complexity index is 2500. The molecule has 4 aliphatic heterocycles. The number of cyclic esters (lactones) is 1. The number of hydrogen-bond donors (Lipinski definition) is 3. The van der Waals surface area contributed by atoms with Gasteiger partial charge in [0.05, 0.1) is 77.5 Å². The lowest BCUT2D eigenvalue weighted by Gasteiger charge is -2.50. The number of aromatic nitrogens is 3. The van der Waals surface area contributed by atoms with Crippen molar-refractivity contribution in [3.8, 4) is 0 Å². The maximum Gasteiger partial charge on any atom is 0.311 e. The van der Waals surface area contributed by atoms with Crippen molar-refractivity contribution in [2.75, 3.05) is 46.8 Å². The number of halogens is 1. The van der Waals surface area contributed by atoms with Crippen molar-refractivity contribution >= 4 is 27.4 Å². The fourth-order valence-electron chi connectivity index (χ4n) is 12.1. The first-order chi connectivity index (χ1) is 36.5. The third kappa shape index (κ3) is 14.7. The quantitative estimate of drug-likeness (QED) is 0.153. The van der Waals surface area contributed by atoms with Gasteiger partial charge in [0.1, 0.15) is 30.6 Å². The molecular weight excluding hydrogens is 1030 g/mol. The number of methoxy groups -OCH3 is 1. The van der Waals surface area contributed by atoms with E-state index in [1.54, 1.807) is 52.9 Å². The number of aliphatic hydroxyl groups is 3. The molecule has 78 heavy (non-hydrogen) atoms. The summed E-state index contributed by atoms with van der Waals surface area (Å²) in [4.78, 5) is 34.7. The van der Waals surface area contributed by atoms with Crippen LogP contribution in [-0.2, 0) is 70.2 Å². The zero-order valence-electron chi connectivity index (χ0n) is 48.2. The molecule has 4 saturated heterocycles. The van der Waals surface area contributed by atoms with E-state index in [9.17, 15) is 37.7 Å². The molecule has 6 rings (SSSR count). The van der Waals surface area contributed by atoms with Gasteiger partial charge in [0.25, 0.3) is 0 Å². The number of esters is 1. The summed E-state index contributed by atoms with van der Waals surface area (Å²) in [6.45, 7) is 23.1. The number of likely N-dealkylation sites (N-methyl/N-ethyl adjacent to an activating group) is 1. The molecule has 3 N–H and O–H groups in total. The maximum atomic E-state index is 14.8. The van der Waals surface area contributed by atoms with Crippen LogP contribution in [0.2, 0.25) is 0 Å². The highest BCUT2D eigenvalue weighted by molar-refractivity contribution is 7.90. The molecule has 2 bridgehead atoms. The summed E-state index contributed by atoms with van der Waals surface area (Å²) in [5.41, 5.74) is -1.99. The van der Waals surface area contributed by atoms with Crippen molar-refractivity contribution in [2.45, 2.75) is 210 Å². The van der Waals surface area contributed by atoms with Crippen molar-refractivity contribution in [1.82, 2.24) is 19.9 Å². The Labute approximate surface area is 460 Å². The lowest BCUT2D eigenvalue weighted by atomic mass is 9.73. The molecule has 5 heterocycles. The highest BCUT2D eigenvalue weighted by atomic mass is 32.2. The van der Waals surface area contributed by atoms with Crippen LogP contribution in [-0.4, -0.2) is 192 Å². The highest BCUT2D eigenvalue weighted by Gasteiger charge is 2.55. The van der Waals surface area contributed by atoms with Crippen LogP contribution in [0.15, 0.2) is 52.5 Å². The number of sulfone groups is 1. The van der Waals surface area contributed by atoms with E-state index >= 15 is 0 Å². The number of amides is 1. The van der Waals surface area contributed by atoms with Crippen LogP contribution in [0.25, 0.3) is 0 Å². The first-order valence-corrected chi connectivity index (χ1v) is 29.3. The van der Waals surface area contributed by atoms with Crippen molar-refractivity contribution in [2.24, 2.45) is 28.7 Å². The Morgan fingerprint density at radius 1 is 1.04 bits per heavy atom. The van der Waals surface area contributed by atoms with Crippen molar-refractivity contribution in [3.63, 3.8) is 0 Å². The minimum atomic E-state index is -3.39. The lowest BCUT2D eigenvalue weighted by Crippen LogP contribution is -2.62. The van der Waals surface area contributed by atoms with E-state index in [-0.39, 0.29) is 43.8 Å². The van der Waals surface area contributed by atoms with Gasteiger partial charge in [-0.15, -0.1) is 5.10 Å². The van der Waals surface area contributed by atoms with Gasteiger partial charge in [0.2, 0.25) is 5.91 Å². The molecule has 1 aromatic heterocycles. The smallest absolute Gasteiger partial charge is 0.311 e. The van der Waals surface area contributed by atoms with Gasteiger partial charge in [-0.3, -0.25) is 9.59 Å². The average molecular weight is 1120 g/mol. The molecule has 0 unspecified atom stereocenters. The van der Waals surface area contributed by atoms with Gasteiger partial charge in [-0.2, -0.15) is 0 Å². The summed E-state index contributed by atoms with van der Waals surface area (Å²) in [6, 6.07) is 5.14. The van der Waals surface area contributed by atoms with Crippen LogP contribution in [0.4, 0.5) is 4.39 Å². The molecule has 1 aromatic carbocycles. The number of aliphatic imine (C=N–C) groups is 1. The van der Waals surface area contributed by atoms with E-state index < -0.39 is 142 Å². The first-order valence-electron chi connectivity index (χ1n) is 27.4. The van der Waals surface area contributed by atoms with Crippen LogP contribution in [0, 0.1) is 23.7 Å². The number of alkyl halides is 1. The molecule has 22 heteroatoms. The second-order valence-corrected chi connectivity index (χ2v) is 25.3. The lowest BCUT2D eigenvalue weighted by molar-refractivity contribution is -0.320. The van der Waals surface area contributed by atoms with Crippen LogP contribution >= 0.6 is 0 Å². The number of benzene rings is 1. The molecule has 0 spiro atoms. The fourth-order valence-corrected chi connectivity index (χ4v) is 12.7. The Hall–Kier alpha value is -3.65. The monoisotopic (exact) mass is 1120 g/mol. The van der Waals surface area contributed by atoms with Crippen molar-refractivity contribution in [3.05, 3.63) is 53.9 Å². The third-order valence-corrected chi connectivity index (χ3v) is 17.8. The first kappa shape index (κ1) is 63.5. The summed E-state index contributed by atoms with van der Waals surface area (Å²) in [7, 11) is -0.00780. The van der Waals surface area contributed by atoms with Crippen molar-refractivity contribution in [1.29, 1.82) is 0 Å². The van der Waals surface area contributed by atoms with Gasteiger partial charge >= 0.3 is 5.97 Å². The zero-order chi connectivity index (χ0) is 57.8. The van der Waals surface area contributed by atoms with Crippen LogP contribution in [0.1, 0.15) is 119 Å². The minimum absolute atomic E-state index is 0.0374. The topological polar surface area (TPSA) is 249 Å². The van der Waals surface area contributed by atoms with Gasteiger partial charge in [-0.25, -0.2) is 22.5 Å². The van der Waals surface area contributed by atoms with E-state index in [1.807, 2.05) is 46.6 Å². The molecule has 1 amide bonds. The Morgan fingerprint density at radius 3 is 2.33 bits per heavy atom. The largest absolute Gasteiger partial charge is 0.459 e. The third-order valence-electron chi connectivity index (χ3n) is 16.7. The molecule has 20 nitrogen and oxygen atoms in total. The van der Waals surface area contributed by atoms with Gasteiger partial charge in [-0.05, 0) is 103 Å². The zero-order valence-corrected chi connectivity index (χ0v) is 49.0. The molecule has 2 aromatic rings. The summed E-state index contributed by atoms with van der Waals surface area (Å²) in [5, 5.41) is 45.0. The Kier molecular flexibility index (Phi) is 21.2. The van der Waals surface area contributed by atoms with Crippen molar-refractivity contribution < 1.29 is 75.6 Å². The number of rotatable bonds is 15. The van der Waals surface area contributed by atoms with E-state index in [0.29, 0.717) is 36.4 Å². The van der Waals surface area contributed by atoms with Gasteiger partial charge in [-0.1, -0.05) is 51.6 Å². The second-order valence-electron chi connectivity index (χ2n) is 23.3. The molecule has 0 saturated carbocycles. The number of hydrogen-bond acceptors (Lipinski definition) is 18. The van der Waals surface area contributed by atoms with E-state index in [2.05, 4.69) is 21.9 Å². The van der Waals surface area contributed by atoms with E-state index in [0.717, 1.165) is 11.8 Å². The number of aliphatic hydroxyl groups excluding tert-OH is 2. The van der Waals surface area contributed by atoms with Crippen LogP contribution in [0.5, 0.6) is 0 Å². The van der Waals surface area contributed by atoms with E-state index in [4.69, 9.17) is 37.9 Å². The molecule has 19 atom stereocenters. The van der Waals surface area contributed by atoms with Crippen LogP contribution < -0.4 is 0 Å². The second kappa shape index (κ2) is 26.1. The number of carbonyl (C=O) groups excluding carboxylic acids is 2. The maximum absolute atomic E-state index is 14.8. The Balaban J connectivity index is 1.37. The average Bonchev–Trinajstić information content (AvgIpc) is 3.90. The molecule has 4 aliphatic rings. The standard InChI is InChI=1S/C56H88FN5O15S/c1-16-44-56(12,67)51-34(5)46(58-38(9)63)32(3)25-55(11,72-30-31(2)29-71-51)50(35(6)48(36(7)52(66)75-44)76-45-26-54(10,70-14)49(65)37(8)74-45)77-53-47(64)43(23-33(4)73-53)61(13)22-21-40-28-62(60-59-40)41(27-57)24-39-17-19-42(20-18-39)78(15,68)69/h17-20,28,32-37,41,43-45,47-51,53,64-65,67H,2,16,21-27,29-30H2,1,3-15H3/b58-46+/t32-,33-,34+,35+,36-,37+,41+,43+,44-,45+,47-,48+,49+,50-,51-,53+,54-,55-,56-/m1/s1.